The summed E-state index contributed by atoms with van der Waals surface area (Å²) >= 11 is 0. The molecule has 1 heterocycles. The minimum Gasteiger partial charge on any atom is -0.478 e. The van der Waals surface area contributed by atoms with Crippen molar-refractivity contribution < 1.29 is 9.90 Å². The minimum absolute atomic E-state index is 0.415. The quantitative estimate of drug-likeness (QED) is 0.889. The fourth-order valence-electron chi connectivity index (χ4n) is 3.83. The van der Waals surface area contributed by atoms with Gasteiger partial charge in [0.05, 0.1) is 5.56 Å². The van der Waals surface area contributed by atoms with E-state index in [1.165, 1.54) is 44.2 Å². The first-order chi connectivity index (χ1) is 9.60. The molecule has 1 aromatic carbocycles. The fourth-order valence-corrected chi connectivity index (χ4v) is 3.83. The Labute approximate surface area is 120 Å². The van der Waals surface area contributed by atoms with E-state index in [4.69, 9.17) is 5.11 Å². The summed E-state index contributed by atoms with van der Waals surface area (Å²) in [4.78, 5) is 13.5. The highest BCUT2D eigenvalue weighted by molar-refractivity contribution is 5.90. The van der Waals surface area contributed by atoms with Gasteiger partial charge in [-0.1, -0.05) is 25.7 Å². The van der Waals surface area contributed by atoms with Gasteiger partial charge in [0.2, 0.25) is 0 Å². The normalized spacial score (nSPS) is 21.4. The van der Waals surface area contributed by atoms with Gasteiger partial charge >= 0.3 is 5.97 Å². The standard InChI is InChI=1S/C17H23NO2/c1-13-10-14(6-7-15(13)16(19)20)18-11-17(12-18)8-4-2-3-5-9-17/h6-7,10H,2-5,8-9,11-12H2,1H3,(H,19,20). The van der Waals surface area contributed by atoms with Crippen molar-refractivity contribution in [2.75, 3.05) is 18.0 Å². The Kier molecular flexibility index (Phi) is 3.45. The molecule has 1 aromatic rings. The van der Waals surface area contributed by atoms with Crippen molar-refractivity contribution in [1.29, 1.82) is 0 Å². The van der Waals surface area contributed by atoms with Crippen LogP contribution in [0.3, 0.4) is 0 Å². The summed E-state index contributed by atoms with van der Waals surface area (Å²) < 4.78 is 0. The van der Waals surface area contributed by atoms with E-state index >= 15 is 0 Å². The van der Waals surface area contributed by atoms with Crippen molar-refractivity contribution in [1.82, 2.24) is 0 Å². The van der Waals surface area contributed by atoms with Gasteiger partial charge in [-0.25, -0.2) is 4.79 Å². The molecular formula is C17H23NO2. The van der Waals surface area contributed by atoms with Gasteiger partial charge in [-0.2, -0.15) is 0 Å². The van der Waals surface area contributed by atoms with Crippen LogP contribution >= 0.6 is 0 Å². The summed E-state index contributed by atoms with van der Waals surface area (Å²) in [6.45, 7) is 4.19. The van der Waals surface area contributed by atoms with Crippen molar-refractivity contribution in [3.05, 3.63) is 29.3 Å². The third-order valence-corrected chi connectivity index (χ3v) is 5.02. The predicted octanol–water partition coefficient (Wildman–Crippen LogP) is 3.85. The lowest BCUT2D eigenvalue weighted by Gasteiger charge is -2.51. The Balaban J connectivity index is 1.70. The van der Waals surface area contributed by atoms with Crippen molar-refractivity contribution in [3.8, 4) is 0 Å². The monoisotopic (exact) mass is 273 g/mol. The van der Waals surface area contributed by atoms with Crippen LogP contribution in [0.15, 0.2) is 18.2 Å². The number of carboxylic acids is 1. The summed E-state index contributed by atoms with van der Waals surface area (Å²) in [5.74, 6) is -0.835. The molecule has 0 radical (unpaired) electrons. The predicted molar refractivity (Wildman–Crippen MR) is 80.5 cm³/mol. The van der Waals surface area contributed by atoms with E-state index in [0.717, 1.165) is 18.7 Å². The van der Waals surface area contributed by atoms with Crippen LogP contribution in [0.2, 0.25) is 0 Å². The number of benzene rings is 1. The van der Waals surface area contributed by atoms with Crippen LogP contribution in [0.25, 0.3) is 0 Å². The molecule has 1 saturated carbocycles. The van der Waals surface area contributed by atoms with Crippen molar-refractivity contribution in [2.24, 2.45) is 5.41 Å². The molecule has 0 atom stereocenters. The molecule has 0 unspecified atom stereocenters. The first-order valence-electron chi connectivity index (χ1n) is 7.69. The van der Waals surface area contributed by atoms with Gasteiger partial charge in [-0.3, -0.25) is 0 Å². The molecule has 20 heavy (non-hydrogen) atoms. The van der Waals surface area contributed by atoms with Gasteiger partial charge in [0.25, 0.3) is 0 Å². The van der Waals surface area contributed by atoms with Crippen molar-refractivity contribution in [2.45, 2.75) is 45.4 Å². The fraction of sp³-hybridized carbons (Fsp3) is 0.588. The molecule has 0 amide bonds. The van der Waals surface area contributed by atoms with Gasteiger partial charge < -0.3 is 10.0 Å². The molecule has 1 N–H and O–H groups in total. The van der Waals surface area contributed by atoms with Crippen LogP contribution in [-0.4, -0.2) is 24.2 Å². The Bertz CT molecular complexity index is 508. The molecule has 0 bridgehead atoms. The Morgan fingerprint density at radius 3 is 2.35 bits per heavy atom. The maximum absolute atomic E-state index is 11.1. The number of rotatable bonds is 2. The maximum Gasteiger partial charge on any atom is 0.335 e. The first kappa shape index (κ1) is 13.5. The van der Waals surface area contributed by atoms with Gasteiger partial charge in [0, 0.05) is 24.2 Å². The topological polar surface area (TPSA) is 40.5 Å². The molecule has 2 aliphatic rings. The molecule has 3 rings (SSSR count). The average molecular weight is 273 g/mol. The maximum atomic E-state index is 11.1. The van der Waals surface area contributed by atoms with Gasteiger partial charge in [0.1, 0.15) is 0 Å². The molecule has 1 aliphatic heterocycles. The Morgan fingerprint density at radius 2 is 1.80 bits per heavy atom. The molecule has 1 saturated heterocycles. The number of aromatic carboxylic acids is 1. The van der Waals surface area contributed by atoms with Gasteiger partial charge in [-0.05, 0) is 43.5 Å². The third-order valence-electron chi connectivity index (χ3n) is 5.02. The zero-order chi connectivity index (χ0) is 14.2. The molecule has 0 aromatic heterocycles. The molecule has 2 fully saturated rings. The molecular weight excluding hydrogens is 250 g/mol. The van der Waals surface area contributed by atoms with Crippen LogP contribution in [0.4, 0.5) is 5.69 Å². The first-order valence-corrected chi connectivity index (χ1v) is 7.69. The number of anilines is 1. The average Bonchev–Trinajstić information content (AvgIpc) is 2.62. The van der Waals surface area contributed by atoms with Gasteiger partial charge in [-0.15, -0.1) is 0 Å². The Hall–Kier alpha value is -1.51. The second-order valence-electron chi connectivity index (χ2n) is 6.57. The highest BCUT2D eigenvalue weighted by atomic mass is 16.4. The lowest BCUT2D eigenvalue weighted by atomic mass is 9.73. The van der Waals surface area contributed by atoms with E-state index in [-0.39, 0.29) is 0 Å². The number of aryl methyl sites for hydroxylation is 1. The van der Waals surface area contributed by atoms with E-state index in [9.17, 15) is 4.79 Å². The van der Waals surface area contributed by atoms with E-state index < -0.39 is 5.97 Å². The SMILES string of the molecule is Cc1cc(N2CC3(CCCCCC3)C2)ccc1C(=O)O. The summed E-state index contributed by atoms with van der Waals surface area (Å²) in [5, 5.41) is 9.08. The Morgan fingerprint density at radius 1 is 1.15 bits per heavy atom. The number of nitrogens with zero attached hydrogens (tertiary/aromatic N) is 1. The lowest BCUT2D eigenvalue weighted by molar-refractivity contribution is 0.0696. The van der Waals surface area contributed by atoms with Crippen LogP contribution in [0, 0.1) is 12.3 Å². The summed E-state index contributed by atoms with van der Waals surface area (Å²) in [6, 6.07) is 5.72. The smallest absolute Gasteiger partial charge is 0.335 e. The molecule has 1 aliphatic carbocycles. The summed E-state index contributed by atoms with van der Waals surface area (Å²) in [7, 11) is 0. The molecule has 3 heteroatoms. The summed E-state index contributed by atoms with van der Waals surface area (Å²) in [5.41, 5.74) is 3.01. The summed E-state index contributed by atoms with van der Waals surface area (Å²) in [6.07, 6.45) is 8.29. The third kappa shape index (κ3) is 2.41. The second-order valence-corrected chi connectivity index (χ2v) is 6.57. The number of hydrogen-bond acceptors (Lipinski definition) is 2. The number of carbonyl (C=O) groups is 1. The molecule has 1 spiro atoms. The molecule has 3 nitrogen and oxygen atoms in total. The van der Waals surface area contributed by atoms with Crippen molar-refractivity contribution in [3.63, 3.8) is 0 Å². The van der Waals surface area contributed by atoms with Crippen molar-refractivity contribution >= 4 is 11.7 Å². The van der Waals surface area contributed by atoms with E-state index in [0.29, 0.717) is 11.0 Å². The van der Waals surface area contributed by atoms with E-state index in [2.05, 4.69) is 4.90 Å². The number of carboxylic acid groups (broad SMARTS) is 1. The van der Waals surface area contributed by atoms with Crippen LogP contribution in [-0.2, 0) is 0 Å². The zero-order valence-electron chi connectivity index (χ0n) is 12.2. The zero-order valence-corrected chi connectivity index (χ0v) is 12.2. The van der Waals surface area contributed by atoms with Crippen LogP contribution < -0.4 is 4.90 Å². The van der Waals surface area contributed by atoms with E-state index in [1.807, 2.05) is 19.1 Å². The number of hydrogen-bond donors (Lipinski definition) is 1. The second kappa shape index (κ2) is 5.12. The van der Waals surface area contributed by atoms with E-state index in [1.54, 1.807) is 6.07 Å². The van der Waals surface area contributed by atoms with Crippen LogP contribution in [0.1, 0.15) is 54.4 Å². The largest absolute Gasteiger partial charge is 0.478 e. The van der Waals surface area contributed by atoms with Gasteiger partial charge in [0.15, 0.2) is 0 Å². The van der Waals surface area contributed by atoms with Crippen LogP contribution in [0.5, 0.6) is 0 Å². The molecule has 108 valence electrons. The minimum atomic E-state index is -0.835. The lowest BCUT2D eigenvalue weighted by Crippen LogP contribution is -2.56. The highest BCUT2D eigenvalue weighted by Crippen LogP contribution is 2.44. The highest BCUT2D eigenvalue weighted by Gasteiger charge is 2.42.